The van der Waals surface area contributed by atoms with E-state index in [0.717, 1.165) is 32.3 Å². The zero-order valence-electron chi connectivity index (χ0n) is 21.4. The molecule has 1 heterocycles. The maximum Gasteiger partial charge on any atom is 0.152 e. The third-order valence-electron chi connectivity index (χ3n) is 6.71. The molecule has 0 bridgehead atoms. The molecule has 0 saturated heterocycles. The average molecular weight is 584 g/mol. The van der Waals surface area contributed by atoms with Crippen molar-refractivity contribution in [3.05, 3.63) is 146 Å². The first kappa shape index (κ1) is 26.2. The van der Waals surface area contributed by atoms with Gasteiger partial charge in [-0.05, 0) is 24.3 Å². The van der Waals surface area contributed by atoms with E-state index in [0.29, 0.717) is 0 Å². The number of hydrogen-bond acceptors (Lipinski definition) is 3. The topological polar surface area (TPSA) is 46.0 Å². The second-order valence-electron chi connectivity index (χ2n) is 9.13. The summed E-state index contributed by atoms with van der Waals surface area (Å²) in [5, 5.41) is 5.50. The van der Waals surface area contributed by atoms with Crippen LogP contribution < -0.4 is 36.1 Å². The average Bonchev–Trinajstić information content (AvgIpc) is 3.02. The van der Waals surface area contributed by atoms with Crippen molar-refractivity contribution in [1.29, 1.82) is 0 Å². The number of nitrogens with zero attached hydrogens (tertiary/aromatic N) is 2. The third-order valence-corrected chi connectivity index (χ3v) is 20.3. The van der Waals surface area contributed by atoms with E-state index < -0.39 is 20.7 Å². The van der Waals surface area contributed by atoms with Gasteiger partial charge in [0.2, 0.25) is 0 Å². The molecular weight excluding hydrogens is 555 g/mol. The van der Waals surface area contributed by atoms with Crippen molar-refractivity contribution in [2.24, 2.45) is 9.03 Å². The maximum atomic E-state index is 6.69. The van der Waals surface area contributed by atoms with Gasteiger partial charge in [0.05, 0.1) is 14.3 Å². The quantitative estimate of drug-likeness (QED) is 0.225. The smallest absolute Gasteiger partial charge is 0.152 e. The van der Waals surface area contributed by atoms with Crippen LogP contribution >= 0.6 is 20.7 Å². The van der Waals surface area contributed by atoms with Gasteiger partial charge in [-0.15, -0.1) is 0 Å². The van der Waals surface area contributed by atoms with Crippen molar-refractivity contribution in [1.82, 2.24) is 4.86 Å². The summed E-state index contributed by atoms with van der Waals surface area (Å²) < 4.78 is 17.1. The molecule has 0 aliphatic carbocycles. The number of hydrogen-bond donors (Lipinski definition) is 1. The number of methoxy groups -OCH3 is 1. The van der Waals surface area contributed by atoms with Crippen LogP contribution in [0.5, 0.6) is 5.75 Å². The van der Waals surface area contributed by atoms with Crippen LogP contribution in [0.25, 0.3) is 0 Å². The molecule has 1 unspecified atom stereocenters. The molecule has 4 nitrogen and oxygen atoms in total. The van der Waals surface area contributed by atoms with Crippen LogP contribution in [-0.4, -0.2) is 7.11 Å². The fourth-order valence-electron chi connectivity index (χ4n) is 4.81. The Balaban J connectivity index is 1.80. The molecule has 1 aliphatic heterocycles. The number of benzene rings is 5. The zero-order chi connectivity index (χ0) is 26.8. The highest BCUT2D eigenvalue weighted by atomic mass is 32.4. The Bertz CT molecular complexity index is 1660. The van der Waals surface area contributed by atoms with Gasteiger partial charge < -0.3 is 4.74 Å². The summed E-state index contributed by atoms with van der Waals surface area (Å²) in [4.78, 5) is 4.01. The van der Waals surface area contributed by atoms with E-state index in [9.17, 15) is 0 Å². The van der Waals surface area contributed by atoms with Crippen LogP contribution in [0, 0.1) is 0 Å². The van der Waals surface area contributed by atoms with Gasteiger partial charge >= 0.3 is 0 Å². The Kier molecular flexibility index (Phi) is 7.29. The van der Waals surface area contributed by atoms with E-state index in [2.05, 4.69) is 126 Å². The first-order valence-corrected chi connectivity index (χ1v) is 18.8. The molecule has 0 amide bonds. The van der Waals surface area contributed by atoms with E-state index in [1.807, 2.05) is 24.3 Å². The lowest BCUT2D eigenvalue weighted by Gasteiger charge is -2.40. The van der Waals surface area contributed by atoms with E-state index in [-0.39, 0.29) is 0 Å². The summed E-state index contributed by atoms with van der Waals surface area (Å²) in [6.45, 7) is 0. The minimum Gasteiger partial charge on any atom is -0.497 e. The van der Waals surface area contributed by atoms with Crippen molar-refractivity contribution < 1.29 is 4.74 Å². The van der Waals surface area contributed by atoms with Crippen LogP contribution in [-0.2, 0) is 11.8 Å². The molecule has 1 aliphatic rings. The summed E-state index contributed by atoms with van der Waals surface area (Å²) in [6, 6.07) is 50.3. The lowest BCUT2D eigenvalue weighted by Crippen LogP contribution is -2.32. The molecule has 1 atom stereocenters. The van der Waals surface area contributed by atoms with Gasteiger partial charge in [0.15, 0.2) is 6.34 Å². The first-order valence-electron chi connectivity index (χ1n) is 12.6. The minimum atomic E-state index is -2.74. The predicted molar refractivity (Wildman–Crippen MR) is 173 cm³/mol. The summed E-state index contributed by atoms with van der Waals surface area (Å²) in [6.07, 6.45) is -2.74. The van der Waals surface area contributed by atoms with E-state index in [1.54, 1.807) is 7.11 Å². The second-order valence-corrected chi connectivity index (χ2v) is 19.2. The van der Waals surface area contributed by atoms with Gasteiger partial charge in [0, 0.05) is 26.5 Å². The van der Waals surface area contributed by atoms with Crippen molar-refractivity contribution >= 4 is 59.1 Å². The number of rotatable bonds is 6. The van der Waals surface area contributed by atoms with Crippen LogP contribution in [0.4, 0.5) is 0 Å². The summed E-state index contributed by atoms with van der Waals surface area (Å²) in [7, 11) is -3.63. The molecule has 6 rings (SSSR count). The zero-order valence-corrected chi connectivity index (χ0v) is 24.9. The highest BCUT2D eigenvalue weighted by Crippen LogP contribution is 2.72. The summed E-state index contributed by atoms with van der Waals surface area (Å²) in [5.41, 5.74) is 0. The van der Waals surface area contributed by atoms with E-state index in [1.165, 1.54) is 0 Å². The van der Waals surface area contributed by atoms with Crippen LogP contribution in [0.3, 0.4) is 0 Å². The number of nitrogens with one attached hydrogen (secondary N) is 1. The molecule has 0 aromatic heterocycles. The second kappa shape index (κ2) is 10.9. The van der Waals surface area contributed by atoms with Crippen LogP contribution in [0.2, 0.25) is 0 Å². The van der Waals surface area contributed by atoms with Crippen molar-refractivity contribution in [2.45, 2.75) is 0 Å². The highest BCUT2D eigenvalue weighted by molar-refractivity contribution is 8.22. The fourth-order valence-corrected chi connectivity index (χ4v) is 21.1. The molecule has 5 aromatic rings. The van der Waals surface area contributed by atoms with Gasteiger partial charge in [-0.2, -0.15) is 0 Å². The molecule has 194 valence electrons. The molecule has 0 fully saturated rings. The van der Waals surface area contributed by atoms with Crippen molar-refractivity contribution in [3.8, 4) is 5.75 Å². The molecule has 8 heteroatoms. The van der Waals surface area contributed by atoms with Crippen LogP contribution in [0.1, 0.15) is 0 Å². The molecule has 39 heavy (non-hydrogen) atoms. The lowest BCUT2D eigenvalue weighted by molar-refractivity contribution is 0.415. The van der Waals surface area contributed by atoms with Gasteiger partial charge in [-0.3, -0.25) is 0 Å². The standard InChI is InChI=1S/C31H28N3OP3S/c1-35-26-22-24-31(25-23-26)38(39)33-36(27-14-6-2-7-15-27,28-16-8-3-9-17-28)32-37(34-38,29-18-10-4-11-19-29)30-20-12-5-13-21-30/h2-25H,1H3,(H,33,39). The van der Waals surface area contributed by atoms with Gasteiger partial charge in [-0.1, -0.05) is 133 Å². The SMILES string of the molecule is COc1ccc(P2(=S)N=P(c3ccccc3)(c3ccccc3)N=P(c3ccccc3)(c3ccccc3)N2)cc1. The van der Waals surface area contributed by atoms with Gasteiger partial charge in [0.1, 0.15) is 13.0 Å². The van der Waals surface area contributed by atoms with Gasteiger partial charge in [-0.25, -0.2) is 13.9 Å². The van der Waals surface area contributed by atoms with E-state index in [4.69, 9.17) is 25.6 Å². The fraction of sp³-hybridized carbons (Fsp3) is 0.0323. The Morgan fingerprint density at radius 3 is 1.33 bits per heavy atom. The van der Waals surface area contributed by atoms with Crippen molar-refractivity contribution in [2.75, 3.05) is 7.11 Å². The normalized spacial score (nSPS) is 19.3. The Morgan fingerprint density at radius 1 is 0.513 bits per heavy atom. The molecule has 1 N–H and O–H groups in total. The summed E-state index contributed by atoms with van der Waals surface area (Å²) >= 11 is 6.69. The molecule has 0 spiro atoms. The molecule has 5 aromatic carbocycles. The largest absolute Gasteiger partial charge is 0.497 e. The Labute approximate surface area is 235 Å². The Hall–Kier alpha value is -3.03. The minimum absolute atomic E-state index is 0.793. The summed E-state index contributed by atoms with van der Waals surface area (Å²) in [5.74, 6) is 0.793. The van der Waals surface area contributed by atoms with E-state index >= 15 is 0 Å². The molecule has 0 saturated carbocycles. The predicted octanol–water partition coefficient (Wildman–Crippen LogP) is 6.77. The Morgan fingerprint density at radius 2 is 0.923 bits per heavy atom. The first-order chi connectivity index (χ1) is 19.1. The van der Waals surface area contributed by atoms with Crippen LogP contribution in [0.15, 0.2) is 155 Å². The monoisotopic (exact) mass is 583 g/mol. The van der Waals surface area contributed by atoms with Gasteiger partial charge in [0.25, 0.3) is 0 Å². The third kappa shape index (κ3) is 4.80. The lowest BCUT2D eigenvalue weighted by atomic mass is 10.3. The van der Waals surface area contributed by atoms with Crippen molar-refractivity contribution in [3.63, 3.8) is 0 Å². The molecule has 0 radical (unpaired) electrons. The highest BCUT2D eigenvalue weighted by Gasteiger charge is 2.42. The number of ether oxygens (including phenoxy) is 1. The maximum absolute atomic E-state index is 6.69. The molecular formula is C31H28N3OP3S.